The van der Waals surface area contributed by atoms with E-state index in [1.807, 2.05) is 0 Å². The highest BCUT2D eigenvalue weighted by molar-refractivity contribution is 6.03. The largest absolute Gasteiger partial charge is 0.508 e. The maximum atomic E-state index is 12.2. The van der Waals surface area contributed by atoms with Crippen LogP contribution in [0.2, 0.25) is 0 Å². The summed E-state index contributed by atoms with van der Waals surface area (Å²) < 4.78 is 38.9. The topological polar surface area (TPSA) is 676 Å². The van der Waals surface area contributed by atoms with E-state index in [-0.39, 0.29) is 152 Å². The van der Waals surface area contributed by atoms with Crippen molar-refractivity contribution in [3.05, 3.63) is 374 Å². The molecule has 143 heavy (non-hydrogen) atoms. The maximum absolute atomic E-state index is 12.2. The number of rotatable bonds is 8. The Kier molecular flexibility index (Phi) is 27.3. The van der Waals surface area contributed by atoms with E-state index in [2.05, 4.69) is 0 Å². The molecule has 1 aliphatic rings. The number of hydrogen-bond acceptors (Lipinski definition) is 37. The molecule has 0 amide bonds. The lowest BCUT2D eigenvalue weighted by atomic mass is 9.93. The van der Waals surface area contributed by atoms with Crippen LogP contribution in [-0.4, -0.2) is 124 Å². The number of ether oxygens (including phenoxy) is 1. The highest BCUT2D eigenvalue weighted by atomic mass is 16.6. The van der Waals surface area contributed by atoms with Crippen molar-refractivity contribution in [2.45, 2.75) is 12.2 Å². The van der Waals surface area contributed by atoms with Crippen LogP contribution in [0.25, 0.3) is 134 Å². The Labute approximate surface area is 796 Å². The molecule has 0 fully saturated rings. The highest BCUT2D eigenvalue weighted by Crippen LogP contribution is 2.46. The number of aromatic hydroxyl groups is 20. The number of nitro groups is 1. The fourth-order valence-electron chi connectivity index (χ4n) is 14.3. The number of carbonyl (C=O) groups is 1. The van der Waals surface area contributed by atoms with Crippen molar-refractivity contribution in [1.29, 1.82) is 0 Å². The number of aliphatic hydroxyl groups is 1. The lowest BCUT2D eigenvalue weighted by Gasteiger charge is -2.29. The number of para-hydroxylation sites is 5. The van der Waals surface area contributed by atoms with Gasteiger partial charge in [0.25, 0.3) is 0 Å². The standard InChI is InChI=1S/C15H9NO6.C15H12O6.C15H10O6.3C15H10O5.C15H10O4/c17-11-7-14(22-13-4-2-1-3-9(11)13)8-5-10(16(20)21)15(19)12(18)6-8;16-8-2-4-12-9(6-8)13(19)14(20)15(21-12)7-1-3-10(17)11(18)5-7;16-9-5-7(6-10(17)13(9)19)15-14(20)12(18)8-3-1-2-4-11(8)21-15;16-9-2-4-14-10(6-9)12(18)7-15(20-14)8-1-3-11(17)13(19)5-8;16-10-7-14(20-13-4-2-1-3-9(10)13)8-5-11(17)15(19)12(18)6-8;16-10-6-5-8(7-11(10)17)15-14(19)13(18)9-3-1-2-4-12(9)20-15;16-11-6-5-9(7-13(11)18)15-8-12(17)10-3-1-2-4-14(10)19-15/h1-7,18-19H;1-6,14-18,20H;1-6,16-17,19-20H;1-7,16-17,19H;1-7,17-19H;1-7,16-17,19H;1-8,16,18H/t;14?,15-;;;;;/m.1...../s1. The zero-order valence-corrected chi connectivity index (χ0v) is 72.7. The number of phenols is 18. The maximum Gasteiger partial charge on any atom is 0.315 e. The molecule has 718 valence electrons. The van der Waals surface area contributed by atoms with E-state index in [9.17, 15) is 151 Å². The summed E-state index contributed by atoms with van der Waals surface area (Å²) in [6.07, 6.45) is -2.47. The Morgan fingerprint density at radius 1 is 0.252 bits per heavy atom. The van der Waals surface area contributed by atoms with Crippen LogP contribution in [0.15, 0.2) is 346 Å². The average molecular weight is 1940 g/mol. The molecule has 0 spiro atoms. The van der Waals surface area contributed by atoms with Crippen molar-refractivity contribution in [3.63, 3.8) is 0 Å². The van der Waals surface area contributed by atoms with Gasteiger partial charge in [-0.05, 0) is 200 Å². The number of hydrogen-bond donors (Lipinski definition) is 21. The molecule has 1 aliphatic heterocycles. The summed E-state index contributed by atoms with van der Waals surface area (Å²) in [7, 11) is 0. The summed E-state index contributed by atoms with van der Waals surface area (Å²) in [5.41, 5.74) is 1.48. The summed E-state index contributed by atoms with van der Waals surface area (Å²) in [6.45, 7) is 0. The third kappa shape index (κ3) is 20.7. The first-order chi connectivity index (χ1) is 68.2. The third-order valence-electron chi connectivity index (χ3n) is 21.5. The van der Waals surface area contributed by atoms with Crippen molar-refractivity contribution in [3.8, 4) is 189 Å². The molecule has 0 radical (unpaired) electrons. The van der Waals surface area contributed by atoms with Crippen LogP contribution in [0, 0.1) is 10.1 Å². The molecule has 21 N–H and O–H groups in total. The Balaban J connectivity index is 0.000000126. The van der Waals surface area contributed by atoms with Crippen LogP contribution < -0.4 is 37.3 Å². The predicted octanol–water partition coefficient (Wildman–Crippen LogP) is 17.1. The monoisotopic (exact) mass is 1940 g/mol. The van der Waals surface area contributed by atoms with E-state index in [4.69, 9.17) is 31.2 Å². The summed E-state index contributed by atoms with van der Waals surface area (Å²) in [5.74, 6) is -8.35. The van der Waals surface area contributed by atoms with Crippen LogP contribution >= 0.6 is 0 Å². The number of aliphatic hydroxyl groups excluding tert-OH is 1. The fraction of sp³-hybridized carbons (Fsp3) is 0.0190. The number of nitro benzene ring substituents is 1. The third-order valence-corrected chi connectivity index (χ3v) is 21.5. The lowest BCUT2D eigenvalue weighted by Crippen LogP contribution is -2.36. The first-order valence-corrected chi connectivity index (χ1v) is 41.6. The molecule has 6 aromatic heterocycles. The molecule has 2 atom stereocenters. The molecule has 21 rings (SSSR count). The second-order valence-corrected chi connectivity index (χ2v) is 31.0. The van der Waals surface area contributed by atoms with Crippen molar-refractivity contribution in [2.75, 3.05) is 0 Å². The number of fused-ring (bicyclic) bond motifs is 7. The Morgan fingerprint density at radius 3 is 0.979 bits per heavy atom. The van der Waals surface area contributed by atoms with Crippen LogP contribution in [0.5, 0.6) is 121 Å². The molecule has 38 nitrogen and oxygen atoms in total. The first kappa shape index (κ1) is 96.7. The smallest absolute Gasteiger partial charge is 0.315 e. The van der Waals surface area contributed by atoms with Crippen LogP contribution in [0.1, 0.15) is 22.0 Å². The fourth-order valence-corrected chi connectivity index (χ4v) is 14.3. The Hall–Kier alpha value is -20.8. The van der Waals surface area contributed by atoms with Gasteiger partial charge in [-0.15, -0.1) is 0 Å². The van der Waals surface area contributed by atoms with Gasteiger partial charge in [0.05, 0.1) is 42.8 Å². The van der Waals surface area contributed by atoms with E-state index >= 15 is 0 Å². The van der Waals surface area contributed by atoms with Crippen LogP contribution in [0.4, 0.5) is 5.69 Å². The summed E-state index contributed by atoms with van der Waals surface area (Å²) in [4.78, 5) is 94.3. The molecular formula is C105H71NO37. The molecule has 0 aliphatic carbocycles. The average Bonchev–Trinajstić information content (AvgIpc) is 0.805. The van der Waals surface area contributed by atoms with Gasteiger partial charge in [-0.3, -0.25) is 43.7 Å². The van der Waals surface area contributed by atoms with Crippen molar-refractivity contribution >= 4 is 77.3 Å². The van der Waals surface area contributed by atoms with E-state index in [0.29, 0.717) is 77.7 Å². The molecule has 1 unspecified atom stereocenters. The van der Waals surface area contributed by atoms with Crippen molar-refractivity contribution in [1.82, 2.24) is 0 Å². The molecule has 0 saturated carbocycles. The molecule has 0 bridgehead atoms. The summed E-state index contributed by atoms with van der Waals surface area (Å²) in [6, 6.07) is 69.5. The summed E-state index contributed by atoms with van der Waals surface area (Å²) >= 11 is 0. The highest BCUT2D eigenvalue weighted by Gasteiger charge is 2.38. The van der Waals surface area contributed by atoms with Gasteiger partial charge in [0, 0.05) is 63.7 Å². The van der Waals surface area contributed by atoms with Gasteiger partial charge in [0.15, 0.2) is 137 Å². The minimum Gasteiger partial charge on any atom is -0.508 e. The second kappa shape index (κ2) is 40.4. The first-order valence-electron chi connectivity index (χ1n) is 41.6. The molecule has 38 heteroatoms. The molecule has 0 saturated heterocycles. The minimum atomic E-state index is -1.47. The van der Waals surface area contributed by atoms with Crippen LogP contribution in [-0.2, 0) is 0 Å². The zero-order valence-electron chi connectivity index (χ0n) is 72.7. The zero-order chi connectivity index (χ0) is 102. The number of phenolic OH excluding ortho intramolecular Hbond substituents is 18. The SMILES string of the molecule is O=C1c2cc(O)ccc2O[C@H](c2ccc(O)c(O)c2)C1O.O=c1c(O)c(-c2cc(O)c(O)c(O)c2)oc2ccccc12.O=c1c(O)c(-c2ccc(O)c(O)c2)oc2ccccc12.O=c1cc(-c2cc(O)c(O)c(O)c2)oc2ccccc12.O=c1cc(-c2cc(O)c(O)c([N+](=O)[O-])c2)oc2ccccc12.O=c1cc(-c2ccc(O)c(O)c2)oc2ccc(O)cc12.O=c1cc(-c2ccc(O)c(O)c2)oc2ccccc12. The second-order valence-electron chi connectivity index (χ2n) is 31.0. The Morgan fingerprint density at radius 2 is 0.566 bits per heavy atom. The van der Waals surface area contributed by atoms with Gasteiger partial charge in [-0.25, -0.2) is 0 Å². The van der Waals surface area contributed by atoms with Gasteiger partial charge in [-0.1, -0.05) is 66.7 Å². The lowest BCUT2D eigenvalue weighted by molar-refractivity contribution is -0.385. The van der Waals surface area contributed by atoms with Gasteiger partial charge >= 0.3 is 5.69 Å². The number of carbonyl (C=O) groups excluding carboxylic acids is 1. The van der Waals surface area contributed by atoms with Gasteiger partial charge in [-0.2, -0.15) is 0 Å². The van der Waals surface area contributed by atoms with E-state index in [1.54, 1.807) is 121 Å². The predicted molar refractivity (Wildman–Crippen MR) is 514 cm³/mol. The number of benzene rings is 14. The molecular weight excluding hydrogens is 1870 g/mol. The quantitative estimate of drug-likeness (QED) is 0.0382. The Bertz CT molecular complexity index is 8810. The number of nitrogens with zero attached hydrogens (tertiary/aromatic N) is 1. The molecule has 14 aromatic carbocycles. The van der Waals surface area contributed by atoms with E-state index < -0.39 is 97.0 Å². The van der Waals surface area contributed by atoms with E-state index in [0.717, 1.165) is 24.3 Å². The van der Waals surface area contributed by atoms with Crippen molar-refractivity contribution in [2.24, 2.45) is 0 Å². The number of ketones is 1. The van der Waals surface area contributed by atoms with Crippen LogP contribution in [0.3, 0.4) is 0 Å². The van der Waals surface area contributed by atoms with Gasteiger partial charge in [0.1, 0.15) is 73.8 Å². The molecule has 7 heterocycles. The van der Waals surface area contributed by atoms with E-state index in [1.165, 1.54) is 146 Å². The van der Waals surface area contributed by atoms with Gasteiger partial charge in [0.2, 0.25) is 28.1 Å². The van der Waals surface area contributed by atoms with Crippen molar-refractivity contribution < 1.29 is 148 Å². The normalized spacial score (nSPS) is 12.2. The summed E-state index contributed by atoms with van der Waals surface area (Å²) in [5, 5.41) is 213. The molecule has 20 aromatic rings. The minimum absolute atomic E-state index is 0.0140. The number of Topliss-reactive ketones (excluding diaryl/α,β-unsaturated/α-hetero) is 1. The van der Waals surface area contributed by atoms with Gasteiger partial charge < -0.3 is 138 Å².